The van der Waals surface area contributed by atoms with Crippen LogP contribution in [0.2, 0.25) is 0 Å². The van der Waals surface area contributed by atoms with Crippen molar-refractivity contribution in [3.63, 3.8) is 0 Å². The van der Waals surface area contributed by atoms with E-state index in [1.165, 1.54) is 12.8 Å². The van der Waals surface area contributed by atoms with Crippen molar-refractivity contribution in [3.05, 3.63) is 4.73 Å². The van der Waals surface area contributed by atoms with E-state index in [0.717, 1.165) is 17.2 Å². The highest BCUT2D eigenvalue weighted by molar-refractivity contribution is 9.10. The molecule has 1 aromatic rings. The van der Waals surface area contributed by atoms with Gasteiger partial charge in [0, 0.05) is 6.54 Å². The summed E-state index contributed by atoms with van der Waals surface area (Å²) in [5.41, 5.74) is 5.40. The first-order valence-corrected chi connectivity index (χ1v) is 4.41. The van der Waals surface area contributed by atoms with E-state index in [9.17, 15) is 0 Å². The third-order valence-corrected chi connectivity index (χ3v) is 2.36. The molecule has 0 bridgehead atoms. The van der Waals surface area contributed by atoms with E-state index < -0.39 is 0 Å². The van der Waals surface area contributed by atoms with Crippen molar-refractivity contribution in [1.29, 1.82) is 0 Å². The summed E-state index contributed by atoms with van der Waals surface area (Å²) < 4.78 is 2.55. The Balaban J connectivity index is 2.14. The summed E-state index contributed by atoms with van der Waals surface area (Å²) in [5.74, 6) is 1.14. The Bertz CT molecular complexity index is 266. The Kier molecular flexibility index (Phi) is 1.60. The highest BCUT2D eigenvalue weighted by Gasteiger charge is 2.23. The zero-order valence-electron chi connectivity index (χ0n) is 6.00. The molecule has 0 amide bonds. The molecular weight excluding hydrogens is 208 g/mol. The van der Waals surface area contributed by atoms with Gasteiger partial charge in [-0.3, -0.25) is 0 Å². The summed E-state index contributed by atoms with van der Waals surface area (Å²) in [6.45, 7) is 0.949. The van der Waals surface area contributed by atoms with Gasteiger partial charge in [-0.15, -0.1) is 5.10 Å². The maximum atomic E-state index is 5.40. The lowest BCUT2D eigenvalue weighted by Gasteiger charge is -1.96. The normalized spacial score (nSPS) is 17.2. The second-order valence-electron chi connectivity index (χ2n) is 2.86. The summed E-state index contributed by atoms with van der Waals surface area (Å²) in [6.07, 6.45) is 2.62. The SMILES string of the molecule is Nc1nc(Br)n(CC2CC2)n1. The van der Waals surface area contributed by atoms with E-state index in [1.54, 1.807) is 0 Å². The lowest BCUT2D eigenvalue weighted by molar-refractivity contribution is 0.552. The van der Waals surface area contributed by atoms with Crippen LogP contribution in [0.25, 0.3) is 0 Å². The van der Waals surface area contributed by atoms with Gasteiger partial charge in [0.2, 0.25) is 5.95 Å². The van der Waals surface area contributed by atoms with Gasteiger partial charge in [-0.25, -0.2) is 4.68 Å². The molecule has 0 aromatic carbocycles. The highest BCUT2D eigenvalue weighted by Crippen LogP contribution is 2.31. The molecule has 1 heterocycles. The van der Waals surface area contributed by atoms with Crippen LogP contribution in [0.3, 0.4) is 0 Å². The van der Waals surface area contributed by atoms with Crippen LogP contribution in [-0.4, -0.2) is 14.8 Å². The lowest BCUT2D eigenvalue weighted by atomic mass is 10.4. The summed E-state index contributed by atoms with van der Waals surface area (Å²) in [5, 5.41) is 4.03. The van der Waals surface area contributed by atoms with Crippen LogP contribution in [0.5, 0.6) is 0 Å². The van der Waals surface area contributed by atoms with Crippen molar-refractivity contribution in [1.82, 2.24) is 14.8 Å². The molecule has 0 unspecified atom stereocenters. The van der Waals surface area contributed by atoms with Gasteiger partial charge >= 0.3 is 0 Å². The van der Waals surface area contributed by atoms with Crippen LogP contribution < -0.4 is 5.73 Å². The first-order chi connectivity index (χ1) is 5.25. The maximum Gasteiger partial charge on any atom is 0.240 e. The number of rotatable bonds is 2. The molecular formula is C6H9BrN4. The fourth-order valence-electron chi connectivity index (χ4n) is 1.00. The van der Waals surface area contributed by atoms with Crippen LogP contribution in [0.4, 0.5) is 5.95 Å². The maximum absolute atomic E-state index is 5.40. The number of hydrogen-bond donors (Lipinski definition) is 1. The zero-order chi connectivity index (χ0) is 7.84. The highest BCUT2D eigenvalue weighted by atomic mass is 79.9. The van der Waals surface area contributed by atoms with Gasteiger partial charge in [0.15, 0.2) is 4.73 Å². The molecule has 4 nitrogen and oxygen atoms in total. The van der Waals surface area contributed by atoms with Gasteiger partial charge in [0.05, 0.1) is 0 Å². The average molecular weight is 217 g/mol. The summed E-state index contributed by atoms with van der Waals surface area (Å²) in [4.78, 5) is 3.94. The third-order valence-electron chi connectivity index (χ3n) is 1.77. The fraction of sp³-hybridized carbons (Fsp3) is 0.667. The minimum Gasteiger partial charge on any atom is -0.366 e. The molecule has 0 radical (unpaired) electrons. The fourth-order valence-corrected chi connectivity index (χ4v) is 1.41. The molecule has 1 aliphatic rings. The molecule has 1 aliphatic carbocycles. The van der Waals surface area contributed by atoms with Crippen LogP contribution >= 0.6 is 15.9 Å². The second kappa shape index (κ2) is 2.48. The van der Waals surface area contributed by atoms with Gasteiger partial charge in [0.1, 0.15) is 0 Å². The largest absolute Gasteiger partial charge is 0.366 e. The summed E-state index contributed by atoms with van der Waals surface area (Å²) >= 11 is 3.28. The zero-order valence-corrected chi connectivity index (χ0v) is 7.58. The number of nitrogen functional groups attached to an aromatic ring is 1. The smallest absolute Gasteiger partial charge is 0.240 e. The molecule has 1 fully saturated rings. The molecule has 2 N–H and O–H groups in total. The number of aromatic nitrogens is 3. The third kappa shape index (κ3) is 1.53. The molecule has 11 heavy (non-hydrogen) atoms. The molecule has 0 spiro atoms. The number of nitrogens with zero attached hydrogens (tertiary/aromatic N) is 3. The predicted octanol–water partition coefficient (Wildman–Crippen LogP) is 1.03. The minimum atomic E-state index is 0.345. The quantitative estimate of drug-likeness (QED) is 0.804. The Labute approximate surface area is 72.9 Å². The Morgan fingerprint density at radius 3 is 2.82 bits per heavy atom. The molecule has 0 saturated heterocycles. The van der Waals surface area contributed by atoms with E-state index in [0.29, 0.717) is 5.95 Å². The van der Waals surface area contributed by atoms with Crippen LogP contribution in [0, 0.1) is 5.92 Å². The average Bonchev–Trinajstić information content (AvgIpc) is 2.64. The molecule has 1 saturated carbocycles. The Morgan fingerprint density at radius 2 is 2.36 bits per heavy atom. The predicted molar refractivity (Wildman–Crippen MR) is 44.9 cm³/mol. The van der Waals surface area contributed by atoms with Crippen molar-refractivity contribution >= 4 is 21.9 Å². The molecule has 0 atom stereocenters. The molecule has 2 rings (SSSR count). The van der Waals surface area contributed by atoms with Gasteiger partial charge in [0.25, 0.3) is 0 Å². The molecule has 60 valence electrons. The number of hydrogen-bond acceptors (Lipinski definition) is 3. The van der Waals surface area contributed by atoms with Gasteiger partial charge in [-0.1, -0.05) is 0 Å². The van der Waals surface area contributed by atoms with Crippen molar-refractivity contribution in [2.75, 3.05) is 5.73 Å². The Morgan fingerprint density at radius 1 is 1.64 bits per heavy atom. The minimum absolute atomic E-state index is 0.345. The molecule has 1 aromatic heterocycles. The van der Waals surface area contributed by atoms with Crippen molar-refractivity contribution in [3.8, 4) is 0 Å². The van der Waals surface area contributed by atoms with Gasteiger partial charge < -0.3 is 5.73 Å². The van der Waals surface area contributed by atoms with Crippen molar-refractivity contribution in [2.24, 2.45) is 5.92 Å². The van der Waals surface area contributed by atoms with E-state index in [2.05, 4.69) is 26.0 Å². The second-order valence-corrected chi connectivity index (χ2v) is 3.57. The van der Waals surface area contributed by atoms with E-state index in [-0.39, 0.29) is 0 Å². The summed E-state index contributed by atoms with van der Waals surface area (Å²) in [7, 11) is 0. The Hall–Kier alpha value is -0.580. The molecule has 0 aliphatic heterocycles. The monoisotopic (exact) mass is 216 g/mol. The van der Waals surface area contributed by atoms with E-state index >= 15 is 0 Å². The van der Waals surface area contributed by atoms with E-state index in [4.69, 9.17) is 5.73 Å². The van der Waals surface area contributed by atoms with Crippen LogP contribution in [0.15, 0.2) is 4.73 Å². The van der Waals surface area contributed by atoms with Crippen molar-refractivity contribution in [2.45, 2.75) is 19.4 Å². The number of anilines is 1. The number of nitrogens with two attached hydrogens (primary N) is 1. The van der Waals surface area contributed by atoms with Gasteiger partial charge in [-0.2, -0.15) is 4.98 Å². The number of halogens is 1. The first kappa shape index (κ1) is 7.09. The van der Waals surface area contributed by atoms with Gasteiger partial charge in [-0.05, 0) is 34.7 Å². The van der Waals surface area contributed by atoms with Crippen LogP contribution in [0.1, 0.15) is 12.8 Å². The first-order valence-electron chi connectivity index (χ1n) is 3.61. The standard InChI is InChI=1S/C6H9BrN4/c7-5-9-6(8)10-11(5)3-4-1-2-4/h4H,1-3H2,(H2,8,10). The summed E-state index contributed by atoms with van der Waals surface area (Å²) in [6, 6.07) is 0. The van der Waals surface area contributed by atoms with E-state index in [1.807, 2.05) is 4.68 Å². The lowest BCUT2D eigenvalue weighted by Crippen LogP contribution is -2.02. The molecule has 5 heteroatoms. The topological polar surface area (TPSA) is 56.7 Å². The van der Waals surface area contributed by atoms with Crippen molar-refractivity contribution < 1.29 is 0 Å². The van der Waals surface area contributed by atoms with Crippen LogP contribution in [-0.2, 0) is 6.54 Å².